The predicted molar refractivity (Wildman–Crippen MR) is 111 cm³/mol. The topological polar surface area (TPSA) is 58.0 Å². The molecule has 0 radical (unpaired) electrons. The molecule has 2 aliphatic heterocycles. The number of halogens is 1. The highest BCUT2D eigenvalue weighted by molar-refractivity contribution is 7.89. The van der Waals surface area contributed by atoms with Gasteiger partial charge in [-0.25, -0.2) is 13.4 Å². The van der Waals surface area contributed by atoms with Gasteiger partial charge in [-0.2, -0.15) is 4.31 Å². The molecule has 2 aliphatic rings. The monoisotopic (exact) mass is 421 g/mol. The third-order valence-corrected chi connectivity index (χ3v) is 7.64. The van der Waals surface area contributed by atoms with Crippen molar-refractivity contribution in [3.8, 4) is 0 Å². The molecule has 0 atom stereocenters. The summed E-state index contributed by atoms with van der Waals surface area (Å²) in [7, 11) is -3.40. The number of nitrogens with one attached hydrogen (secondary N) is 1. The number of anilines is 2. The molecule has 0 bridgehead atoms. The van der Waals surface area contributed by atoms with Gasteiger partial charge in [-0.05, 0) is 37.1 Å². The van der Waals surface area contributed by atoms with Gasteiger partial charge in [-0.1, -0.05) is 24.1 Å². The Bertz CT molecular complexity index is 906. The van der Waals surface area contributed by atoms with E-state index in [1.165, 1.54) is 0 Å². The Labute approximate surface area is 171 Å². The quantitative estimate of drug-likeness (QED) is 0.761. The third kappa shape index (κ3) is 4.11. The first-order chi connectivity index (χ1) is 13.5. The number of piperazine rings is 1. The summed E-state index contributed by atoms with van der Waals surface area (Å²) in [5.41, 5.74) is 1.14. The zero-order valence-corrected chi connectivity index (χ0v) is 17.4. The van der Waals surface area contributed by atoms with Crippen LogP contribution in [0.3, 0.4) is 0 Å². The summed E-state index contributed by atoms with van der Waals surface area (Å²) in [6, 6.07) is 11.5. The Morgan fingerprint density at radius 2 is 1.57 bits per heavy atom. The van der Waals surface area contributed by atoms with Crippen LogP contribution >= 0.6 is 11.6 Å². The number of piperidine rings is 1. The Morgan fingerprint density at radius 3 is 2.21 bits per heavy atom. The van der Waals surface area contributed by atoms with E-state index in [9.17, 15) is 8.42 Å². The van der Waals surface area contributed by atoms with Gasteiger partial charge in [0, 0.05) is 29.9 Å². The number of sulfonamides is 1. The van der Waals surface area contributed by atoms with E-state index in [4.69, 9.17) is 11.6 Å². The molecular formula is C20H26ClN4O2S+. The molecule has 1 aromatic carbocycles. The molecular weight excluding hydrogens is 396 g/mol. The Hall–Kier alpha value is -1.83. The molecule has 6 nitrogen and oxygen atoms in total. The summed E-state index contributed by atoms with van der Waals surface area (Å²) in [5.74, 6) is 0.948. The molecule has 0 amide bonds. The zero-order valence-electron chi connectivity index (χ0n) is 15.8. The first kappa shape index (κ1) is 19.5. The fraction of sp³-hybridized carbons (Fsp3) is 0.450. The van der Waals surface area contributed by atoms with Crippen molar-refractivity contribution >= 4 is 33.1 Å². The van der Waals surface area contributed by atoms with Gasteiger partial charge in [0.1, 0.15) is 24.2 Å². The van der Waals surface area contributed by atoms with Crippen LogP contribution in [-0.2, 0) is 10.0 Å². The lowest BCUT2D eigenvalue weighted by atomic mass is 10.2. The fourth-order valence-corrected chi connectivity index (χ4v) is 5.56. The first-order valence-corrected chi connectivity index (χ1v) is 11.6. The molecule has 3 heterocycles. The van der Waals surface area contributed by atoms with Crippen molar-refractivity contribution in [1.82, 2.24) is 4.31 Å². The summed E-state index contributed by atoms with van der Waals surface area (Å²) in [6.45, 7) is 4.75. The summed E-state index contributed by atoms with van der Waals surface area (Å²) in [5, 5.41) is 0.749. The highest BCUT2D eigenvalue weighted by atomic mass is 35.5. The minimum atomic E-state index is -3.40. The van der Waals surface area contributed by atoms with Gasteiger partial charge in [0.15, 0.2) is 0 Å². The largest absolute Gasteiger partial charge is 0.364 e. The van der Waals surface area contributed by atoms with Crippen molar-refractivity contribution in [2.45, 2.75) is 24.2 Å². The molecule has 28 heavy (non-hydrogen) atoms. The highest BCUT2D eigenvalue weighted by Crippen LogP contribution is 2.23. The van der Waals surface area contributed by atoms with Gasteiger partial charge in [-0.15, -0.1) is 0 Å². The van der Waals surface area contributed by atoms with Crippen molar-refractivity contribution in [2.24, 2.45) is 0 Å². The molecule has 2 fully saturated rings. The molecule has 1 aromatic heterocycles. The maximum Gasteiger partial charge on any atom is 0.274 e. The number of pyridine rings is 1. The van der Waals surface area contributed by atoms with E-state index < -0.39 is 10.0 Å². The van der Waals surface area contributed by atoms with E-state index >= 15 is 0 Å². The fourth-order valence-electron chi connectivity index (χ4n) is 3.89. The number of rotatable bonds is 4. The number of aromatic amines is 1. The minimum Gasteiger partial charge on any atom is -0.364 e. The van der Waals surface area contributed by atoms with Gasteiger partial charge in [-0.3, -0.25) is 4.90 Å². The summed E-state index contributed by atoms with van der Waals surface area (Å²) in [6.07, 6.45) is 4.62. The average molecular weight is 422 g/mol. The first-order valence-electron chi connectivity index (χ1n) is 9.81. The molecule has 8 heteroatoms. The minimum absolute atomic E-state index is 0.343. The normalized spacial score (nSPS) is 19.0. The molecule has 2 aromatic rings. The van der Waals surface area contributed by atoms with Crippen LogP contribution in [0.2, 0.25) is 5.02 Å². The number of aromatic nitrogens is 1. The standard InChI is InChI=1S/C20H25ClN4O2S/c21-17-5-4-6-18(15-17)23-11-13-24(14-12-23)20-8-7-19(16-22-20)28(26,27)25-9-2-1-3-10-25/h4-8,15-16H,1-3,9-14H2/p+1. The van der Waals surface area contributed by atoms with Crippen molar-refractivity contribution < 1.29 is 13.4 Å². The second kappa shape index (κ2) is 8.27. The lowest BCUT2D eigenvalue weighted by molar-refractivity contribution is -0.367. The molecule has 0 saturated carbocycles. The van der Waals surface area contributed by atoms with Crippen LogP contribution < -0.4 is 14.8 Å². The Morgan fingerprint density at radius 1 is 0.857 bits per heavy atom. The number of benzene rings is 1. The molecule has 0 spiro atoms. The van der Waals surface area contributed by atoms with Crippen molar-refractivity contribution in [3.63, 3.8) is 0 Å². The lowest BCUT2D eigenvalue weighted by Crippen LogP contribution is -2.48. The van der Waals surface area contributed by atoms with E-state index in [1.54, 1.807) is 16.6 Å². The SMILES string of the molecule is O=S(=O)(c1ccc(N2CCN(c3cccc(Cl)c3)CC2)[nH+]c1)N1CCCCC1. The summed E-state index contributed by atoms with van der Waals surface area (Å²) < 4.78 is 27.2. The Balaban J connectivity index is 1.41. The van der Waals surface area contributed by atoms with Crippen LogP contribution in [0.5, 0.6) is 0 Å². The van der Waals surface area contributed by atoms with Crippen LogP contribution in [0, 0.1) is 0 Å². The number of hydrogen-bond acceptors (Lipinski definition) is 4. The molecule has 1 N–H and O–H groups in total. The van der Waals surface area contributed by atoms with Gasteiger partial charge < -0.3 is 4.90 Å². The maximum atomic E-state index is 12.8. The second-order valence-corrected chi connectivity index (χ2v) is 9.70. The smallest absolute Gasteiger partial charge is 0.274 e. The van der Waals surface area contributed by atoms with E-state index in [0.29, 0.717) is 18.0 Å². The zero-order chi connectivity index (χ0) is 19.6. The van der Waals surface area contributed by atoms with Crippen LogP contribution in [0.4, 0.5) is 11.5 Å². The van der Waals surface area contributed by atoms with E-state index in [2.05, 4.69) is 20.9 Å². The average Bonchev–Trinajstić information content (AvgIpc) is 2.75. The van der Waals surface area contributed by atoms with E-state index in [-0.39, 0.29) is 0 Å². The van der Waals surface area contributed by atoms with Gasteiger partial charge in [0.05, 0.1) is 13.1 Å². The Kier molecular flexibility index (Phi) is 5.75. The number of H-pyrrole nitrogens is 1. The summed E-state index contributed by atoms with van der Waals surface area (Å²) in [4.78, 5) is 8.10. The van der Waals surface area contributed by atoms with Crippen LogP contribution in [0.25, 0.3) is 0 Å². The van der Waals surface area contributed by atoms with Crippen LogP contribution in [-0.4, -0.2) is 52.0 Å². The predicted octanol–water partition coefficient (Wildman–Crippen LogP) is 2.66. The number of hydrogen-bond donors (Lipinski definition) is 0. The van der Waals surface area contributed by atoms with Gasteiger partial charge >= 0.3 is 0 Å². The lowest BCUT2D eigenvalue weighted by Gasteiger charge is -2.32. The molecule has 4 rings (SSSR count). The van der Waals surface area contributed by atoms with E-state index in [0.717, 1.165) is 62.0 Å². The highest BCUT2D eigenvalue weighted by Gasteiger charge is 2.28. The van der Waals surface area contributed by atoms with E-state index in [1.807, 2.05) is 24.3 Å². The third-order valence-electron chi connectivity index (χ3n) is 5.51. The van der Waals surface area contributed by atoms with Crippen molar-refractivity contribution in [3.05, 3.63) is 47.6 Å². The van der Waals surface area contributed by atoms with Gasteiger partial charge in [0.2, 0.25) is 10.0 Å². The molecule has 0 aliphatic carbocycles. The van der Waals surface area contributed by atoms with Crippen LogP contribution in [0.1, 0.15) is 19.3 Å². The summed E-state index contributed by atoms with van der Waals surface area (Å²) >= 11 is 6.10. The van der Waals surface area contributed by atoms with Crippen molar-refractivity contribution in [2.75, 3.05) is 49.1 Å². The second-order valence-electron chi connectivity index (χ2n) is 7.33. The van der Waals surface area contributed by atoms with Crippen LogP contribution in [0.15, 0.2) is 47.5 Å². The number of nitrogens with zero attached hydrogens (tertiary/aromatic N) is 3. The molecule has 150 valence electrons. The molecule has 2 saturated heterocycles. The van der Waals surface area contributed by atoms with Crippen molar-refractivity contribution in [1.29, 1.82) is 0 Å². The maximum absolute atomic E-state index is 12.8. The van der Waals surface area contributed by atoms with Gasteiger partial charge in [0.25, 0.3) is 5.82 Å². The molecule has 0 unspecified atom stereocenters.